The Morgan fingerprint density at radius 2 is 1.55 bits per heavy atom. The largest absolute Gasteiger partial charge is 0.395 e. The van der Waals surface area contributed by atoms with Crippen LogP contribution in [0.4, 0.5) is 4.39 Å². The summed E-state index contributed by atoms with van der Waals surface area (Å²) >= 11 is 0. The van der Waals surface area contributed by atoms with Gasteiger partial charge in [-0.25, -0.2) is 4.39 Å². The van der Waals surface area contributed by atoms with Gasteiger partial charge in [0.25, 0.3) is 11.8 Å². The van der Waals surface area contributed by atoms with E-state index in [9.17, 15) is 19.1 Å². The van der Waals surface area contributed by atoms with E-state index in [0.717, 1.165) is 11.1 Å². The highest BCUT2D eigenvalue weighted by atomic mass is 19.1. The van der Waals surface area contributed by atoms with Crippen molar-refractivity contribution in [3.8, 4) is 0 Å². The average Bonchev–Trinajstić information content (AvgIpc) is 3.01. The van der Waals surface area contributed by atoms with Crippen LogP contribution in [0.15, 0.2) is 54.2 Å². The second-order valence-corrected chi connectivity index (χ2v) is 7.96. The van der Waals surface area contributed by atoms with E-state index in [1.807, 2.05) is 36.1 Å². The number of aliphatic hydroxyl groups is 1. The summed E-state index contributed by atoms with van der Waals surface area (Å²) in [5.41, 5.74) is 3.23. The smallest absolute Gasteiger partial charge is 0.278 e. The summed E-state index contributed by atoms with van der Waals surface area (Å²) in [4.78, 5) is 32.1. The zero-order valence-corrected chi connectivity index (χ0v) is 17.6. The van der Waals surface area contributed by atoms with Crippen molar-refractivity contribution in [2.75, 3.05) is 39.3 Å². The number of hydrogen-bond donors (Lipinski definition) is 1. The van der Waals surface area contributed by atoms with Crippen molar-refractivity contribution in [1.82, 2.24) is 14.7 Å². The van der Waals surface area contributed by atoms with Crippen molar-refractivity contribution in [1.29, 1.82) is 0 Å². The van der Waals surface area contributed by atoms with Gasteiger partial charge in [-0.2, -0.15) is 0 Å². The Bertz CT molecular complexity index is 994. The highest BCUT2D eigenvalue weighted by molar-refractivity contribution is 6.35. The molecule has 0 spiro atoms. The van der Waals surface area contributed by atoms with Crippen LogP contribution in [0.25, 0.3) is 5.57 Å². The summed E-state index contributed by atoms with van der Waals surface area (Å²) in [7, 11) is 0. The predicted octanol–water partition coefficient (Wildman–Crippen LogP) is 2.02. The number of rotatable bonds is 6. The minimum atomic E-state index is -0.392. The maximum absolute atomic E-state index is 13.5. The molecule has 2 aliphatic heterocycles. The first-order valence-electron chi connectivity index (χ1n) is 10.5. The van der Waals surface area contributed by atoms with Gasteiger partial charge in [0.1, 0.15) is 11.5 Å². The fourth-order valence-corrected chi connectivity index (χ4v) is 4.09. The fourth-order valence-electron chi connectivity index (χ4n) is 4.09. The van der Waals surface area contributed by atoms with Gasteiger partial charge in [0.15, 0.2) is 0 Å². The van der Waals surface area contributed by atoms with Crippen LogP contribution in [0.1, 0.15) is 16.7 Å². The van der Waals surface area contributed by atoms with Gasteiger partial charge in [0, 0.05) is 32.7 Å². The Morgan fingerprint density at radius 3 is 2.16 bits per heavy atom. The highest BCUT2D eigenvalue weighted by Crippen LogP contribution is 2.33. The lowest BCUT2D eigenvalue weighted by molar-refractivity contribution is -0.138. The zero-order chi connectivity index (χ0) is 22.0. The molecule has 1 fully saturated rings. The molecule has 0 unspecified atom stereocenters. The van der Waals surface area contributed by atoms with Crippen molar-refractivity contribution in [2.24, 2.45) is 0 Å². The number of carbonyl (C=O) groups excluding carboxylic acids is 2. The molecule has 2 aliphatic rings. The molecule has 2 aromatic carbocycles. The van der Waals surface area contributed by atoms with Gasteiger partial charge in [-0.3, -0.25) is 19.4 Å². The van der Waals surface area contributed by atoms with E-state index in [2.05, 4.69) is 4.90 Å². The third kappa shape index (κ3) is 4.38. The van der Waals surface area contributed by atoms with Gasteiger partial charge in [0.05, 0.1) is 18.7 Å². The molecule has 0 radical (unpaired) electrons. The molecule has 2 aromatic rings. The van der Waals surface area contributed by atoms with Crippen molar-refractivity contribution >= 4 is 17.4 Å². The summed E-state index contributed by atoms with van der Waals surface area (Å²) in [6.07, 6.45) is 0. The second kappa shape index (κ2) is 8.99. The first-order valence-corrected chi connectivity index (χ1v) is 10.5. The number of amides is 2. The fraction of sp³-hybridized carbons (Fsp3) is 0.333. The first-order chi connectivity index (χ1) is 15.0. The van der Waals surface area contributed by atoms with Crippen LogP contribution in [-0.2, 0) is 16.1 Å². The van der Waals surface area contributed by atoms with Crippen LogP contribution in [0, 0.1) is 12.7 Å². The highest BCUT2D eigenvalue weighted by Gasteiger charge is 2.42. The van der Waals surface area contributed by atoms with Gasteiger partial charge in [-0.05, 0) is 30.2 Å². The number of nitrogens with zero attached hydrogens (tertiary/aromatic N) is 3. The van der Waals surface area contributed by atoms with E-state index in [-0.39, 0.29) is 25.0 Å². The maximum Gasteiger partial charge on any atom is 0.278 e. The van der Waals surface area contributed by atoms with E-state index >= 15 is 0 Å². The Labute approximate surface area is 181 Å². The molecule has 2 heterocycles. The normalized spacial score (nSPS) is 17.8. The molecule has 31 heavy (non-hydrogen) atoms. The molecule has 4 rings (SSSR count). The molecule has 6 nitrogen and oxygen atoms in total. The quantitative estimate of drug-likeness (QED) is 0.721. The van der Waals surface area contributed by atoms with Crippen LogP contribution in [0.2, 0.25) is 0 Å². The van der Waals surface area contributed by atoms with E-state index in [0.29, 0.717) is 49.6 Å². The summed E-state index contributed by atoms with van der Waals surface area (Å²) in [5.74, 6) is -1.07. The van der Waals surface area contributed by atoms with E-state index in [1.165, 1.54) is 17.0 Å². The molecule has 1 saturated heterocycles. The number of piperazine rings is 1. The van der Waals surface area contributed by atoms with Gasteiger partial charge in [-0.15, -0.1) is 0 Å². The molecular formula is C24H26FN3O3. The average molecular weight is 423 g/mol. The van der Waals surface area contributed by atoms with Crippen molar-refractivity contribution in [3.05, 3.63) is 76.7 Å². The topological polar surface area (TPSA) is 64.1 Å². The lowest BCUT2D eigenvalue weighted by Gasteiger charge is -2.36. The minimum Gasteiger partial charge on any atom is -0.395 e. The Kier molecular flexibility index (Phi) is 6.15. The Morgan fingerprint density at radius 1 is 0.903 bits per heavy atom. The molecule has 2 amide bonds. The SMILES string of the molecule is Cc1ccc(CN2C(=O)C(c3ccc(F)cc3)=C(N3CCN(CCO)CC3)C2=O)cc1. The van der Waals surface area contributed by atoms with Crippen LogP contribution >= 0.6 is 0 Å². The number of benzene rings is 2. The molecule has 0 atom stereocenters. The number of imide groups is 1. The number of β-amino-alcohol motifs (C(OH)–C–C–N with tert-alkyl or cyclic N) is 1. The van der Waals surface area contributed by atoms with Gasteiger partial charge < -0.3 is 10.0 Å². The van der Waals surface area contributed by atoms with Gasteiger partial charge in [-0.1, -0.05) is 42.0 Å². The number of aliphatic hydroxyl groups excluding tert-OH is 1. The van der Waals surface area contributed by atoms with E-state index < -0.39 is 5.82 Å². The molecule has 162 valence electrons. The number of aryl methyl sites for hydroxylation is 1. The summed E-state index contributed by atoms with van der Waals surface area (Å²) in [6, 6.07) is 13.4. The molecule has 1 N–H and O–H groups in total. The lowest BCUT2D eigenvalue weighted by Crippen LogP contribution is -2.48. The predicted molar refractivity (Wildman–Crippen MR) is 115 cm³/mol. The molecule has 0 aliphatic carbocycles. The third-order valence-electron chi connectivity index (χ3n) is 5.84. The van der Waals surface area contributed by atoms with Crippen molar-refractivity contribution in [2.45, 2.75) is 13.5 Å². The van der Waals surface area contributed by atoms with Crippen LogP contribution in [0.5, 0.6) is 0 Å². The molecule has 7 heteroatoms. The van der Waals surface area contributed by atoms with Gasteiger partial charge in [0.2, 0.25) is 0 Å². The maximum atomic E-state index is 13.5. The Balaban J connectivity index is 1.66. The lowest BCUT2D eigenvalue weighted by atomic mass is 10.0. The number of halogens is 1. The second-order valence-electron chi connectivity index (χ2n) is 7.96. The number of carbonyl (C=O) groups is 2. The summed E-state index contributed by atoms with van der Waals surface area (Å²) < 4.78 is 13.5. The molecular weight excluding hydrogens is 397 g/mol. The Hall–Kier alpha value is -3.03. The molecule has 0 bridgehead atoms. The van der Waals surface area contributed by atoms with Crippen molar-refractivity contribution < 1.29 is 19.1 Å². The summed E-state index contributed by atoms with van der Waals surface area (Å²) in [5, 5.41) is 9.18. The first kappa shape index (κ1) is 21.2. The molecule has 0 aromatic heterocycles. The van der Waals surface area contributed by atoms with Crippen molar-refractivity contribution in [3.63, 3.8) is 0 Å². The number of hydrogen-bond acceptors (Lipinski definition) is 5. The summed E-state index contributed by atoms with van der Waals surface area (Å²) in [6.45, 7) is 5.40. The van der Waals surface area contributed by atoms with E-state index in [1.54, 1.807) is 12.1 Å². The minimum absolute atomic E-state index is 0.0886. The van der Waals surface area contributed by atoms with Crippen LogP contribution in [-0.4, -0.2) is 71.0 Å². The standard InChI is InChI=1S/C24H26FN3O3/c1-17-2-4-18(5-3-17)16-28-23(30)21(19-6-8-20(25)9-7-19)22(24(28)31)27-12-10-26(11-13-27)14-15-29/h2-9,29H,10-16H2,1H3. The zero-order valence-electron chi connectivity index (χ0n) is 17.6. The monoisotopic (exact) mass is 423 g/mol. The van der Waals surface area contributed by atoms with Gasteiger partial charge >= 0.3 is 0 Å². The molecule has 0 saturated carbocycles. The van der Waals surface area contributed by atoms with Crippen LogP contribution in [0.3, 0.4) is 0 Å². The van der Waals surface area contributed by atoms with E-state index in [4.69, 9.17) is 0 Å². The van der Waals surface area contributed by atoms with Crippen LogP contribution < -0.4 is 0 Å². The third-order valence-corrected chi connectivity index (χ3v) is 5.84.